The predicted molar refractivity (Wildman–Crippen MR) is 92.7 cm³/mol. The van der Waals surface area contributed by atoms with E-state index in [0.29, 0.717) is 32.5 Å². The molecule has 1 fully saturated rings. The lowest BCUT2D eigenvalue weighted by Gasteiger charge is -2.30. The lowest BCUT2D eigenvalue weighted by atomic mass is 9.95. The topological polar surface area (TPSA) is 80.1 Å². The Morgan fingerprint density at radius 3 is 2.80 bits per heavy atom. The van der Waals surface area contributed by atoms with E-state index >= 15 is 0 Å². The molecule has 1 saturated heterocycles. The molecule has 0 bridgehead atoms. The zero-order valence-corrected chi connectivity index (χ0v) is 14.0. The Kier molecular flexibility index (Phi) is 5.23. The summed E-state index contributed by atoms with van der Waals surface area (Å²) in [6.07, 6.45) is 5.81. The smallest absolute Gasteiger partial charge is 0.245 e. The van der Waals surface area contributed by atoms with Crippen LogP contribution in [0.1, 0.15) is 18.4 Å². The number of rotatable bonds is 5. The van der Waals surface area contributed by atoms with Crippen molar-refractivity contribution in [3.05, 3.63) is 55.1 Å². The Morgan fingerprint density at radius 1 is 1.32 bits per heavy atom. The van der Waals surface area contributed by atoms with E-state index in [2.05, 4.69) is 22.0 Å². The molecule has 0 aliphatic carbocycles. The molecule has 1 aromatic heterocycles. The number of amides is 2. The second-order valence-electron chi connectivity index (χ2n) is 6.03. The summed E-state index contributed by atoms with van der Waals surface area (Å²) in [6.45, 7) is 5.17. The summed E-state index contributed by atoms with van der Waals surface area (Å²) >= 11 is 0. The summed E-state index contributed by atoms with van der Waals surface area (Å²) in [7, 11) is 0. The van der Waals surface area contributed by atoms with Crippen molar-refractivity contribution in [2.75, 3.05) is 13.1 Å². The maximum atomic E-state index is 12.4. The highest BCUT2D eigenvalue weighted by Gasteiger charge is 2.26. The van der Waals surface area contributed by atoms with E-state index < -0.39 is 0 Å². The number of piperidine rings is 1. The third-order valence-electron chi connectivity index (χ3n) is 4.41. The highest BCUT2D eigenvalue weighted by molar-refractivity contribution is 5.87. The quantitative estimate of drug-likeness (QED) is 0.833. The monoisotopic (exact) mass is 339 g/mol. The molecule has 0 unspecified atom stereocenters. The van der Waals surface area contributed by atoms with Gasteiger partial charge in [0, 0.05) is 25.6 Å². The Balaban J connectivity index is 1.52. The number of carbonyl (C=O) groups excluding carboxylic acids is 2. The fourth-order valence-corrected chi connectivity index (χ4v) is 2.98. The largest absolute Gasteiger partial charge is 0.352 e. The number of nitrogens with one attached hydrogen (secondary N) is 1. The van der Waals surface area contributed by atoms with Crippen LogP contribution in [0.5, 0.6) is 0 Å². The summed E-state index contributed by atoms with van der Waals surface area (Å²) in [4.78, 5) is 29.6. The number of hydrogen-bond acceptors (Lipinski definition) is 4. The van der Waals surface area contributed by atoms with Crippen molar-refractivity contribution in [1.29, 1.82) is 0 Å². The van der Waals surface area contributed by atoms with Crippen molar-refractivity contribution in [3.63, 3.8) is 0 Å². The minimum absolute atomic E-state index is 0.0388. The fraction of sp³-hybridized carbons (Fsp3) is 0.333. The van der Waals surface area contributed by atoms with Crippen LogP contribution in [0.3, 0.4) is 0 Å². The molecule has 7 nitrogen and oxygen atoms in total. The van der Waals surface area contributed by atoms with E-state index in [4.69, 9.17) is 0 Å². The van der Waals surface area contributed by atoms with Crippen molar-refractivity contribution in [3.8, 4) is 5.69 Å². The lowest BCUT2D eigenvalue weighted by Crippen LogP contribution is -2.42. The molecular weight excluding hydrogens is 318 g/mol. The average molecular weight is 339 g/mol. The molecule has 2 heterocycles. The van der Waals surface area contributed by atoms with Gasteiger partial charge < -0.3 is 10.2 Å². The van der Waals surface area contributed by atoms with Gasteiger partial charge in [-0.3, -0.25) is 9.59 Å². The molecular formula is C18H21N5O2. The van der Waals surface area contributed by atoms with Gasteiger partial charge in [0.05, 0.1) is 5.69 Å². The first-order valence-corrected chi connectivity index (χ1v) is 8.30. The molecule has 130 valence electrons. The number of carbonyl (C=O) groups is 2. The third kappa shape index (κ3) is 4.12. The van der Waals surface area contributed by atoms with E-state index in [-0.39, 0.29) is 17.7 Å². The van der Waals surface area contributed by atoms with Crippen molar-refractivity contribution in [1.82, 2.24) is 25.0 Å². The molecule has 1 aliphatic rings. The van der Waals surface area contributed by atoms with Crippen LogP contribution in [0.2, 0.25) is 0 Å². The zero-order chi connectivity index (χ0) is 17.6. The number of nitrogens with zero attached hydrogens (tertiary/aromatic N) is 4. The van der Waals surface area contributed by atoms with Gasteiger partial charge in [-0.2, -0.15) is 5.10 Å². The summed E-state index contributed by atoms with van der Waals surface area (Å²) in [5, 5.41) is 7.09. The fourth-order valence-electron chi connectivity index (χ4n) is 2.98. The SMILES string of the molecule is C=CC(=O)N1CCC(C(=O)NCc2cccc(-n3cncn3)c2)CC1. The van der Waals surface area contributed by atoms with Crippen LogP contribution < -0.4 is 5.32 Å². The van der Waals surface area contributed by atoms with Crippen LogP contribution >= 0.6 is 0 Å². The molecule has 1 aliphatic heterocycles. The van der Waals surface area contributed by atoms with Crippen LogP contribution in [0.4, 0.5) is 0 Å². The van der Waals surface area contributed by atoms with Crippen molar-refractivity contribution in [2.24, 2.45) is 5.92 Å². The molecule has 0 spiro atoms. The number of aromatic nitrogens is 3. The Labute approximate surface area is 146 Å². The number of likely N-dealkylation sites (tertiary alicyclic amines) is 1. The van der Waals surface area contributed by atoms with E-state index in [1.165, 1.54) is 12.4 Å². The van der Waals surface area contributed by atoms with Gasteiger partial charge in [-0.15, -0.1) is 0 Å². The van der Waals surface area contributed by atoms with Crippen LogP contribution in [-0.4, -0.2) is 44.6 Å². The second-order valence-corrected chi connectivity index (χ2v) is 6.03. The minimum Gasteiger partial charge on any atom is -0.352 e. The second kappa shape index (κ2) is 7.74. The highest BCUT2D eigenvalue weighted by Crippen LogP contribution is 2.18. The minimum atomic E-state index is -0.0659. The molecule has 2 amide bonds. The summed E-state index contributed by atoms with van der Waals surface area (Å²) in [6, 6.07) is 7.80. The van der Waals surface area contributed by atoms with Crippen molar-refractivity contribution in [2.45, 2.75) is 19.4 Å². The summed E-state index contributed by atoms with van der Waals surface area (Å²) in [5.41, 5.74) is 1.90. The number of hydrogen-bond donors (Lipinski definition) is 1. The predicted octanol–water partition coefficient (Wildman–Crippen LogP) is 1.31. The third-order valence-corrected chi connectivity index (χ3v) is 4.41. The first kappa shape index (κ1) is 16.9. The van der Waals surface area contributed by atoms with E-state index in [0.717, 1.165) is 11.3 Å². The van der Waals surface area contributed by atoms with E-state index in [1.807, 2.05) is 24.3 Å². The Morgan fingerprint density at radius 2 is 2.12 bits per heavy atom. The molecule has 2 aromatic rings. The Hall–Kier alpha value is -2.96. The van der Waals surface area contributed by atoms with Crippen LogP contribution in [0.15, 0.2) is 49.6 Å². The number of benzene rings is 1. The van der Waals surface area contributed by atoms with Gasteiger partial charge in [-0.05, 0) is 36.6 Å². The average Bonchev–Trinajstić information content (AvgIpc) is 3.20. The molecule has 25 heavy (non-hydrogen) atoms. The Bertz CT molecular complexity index is 749. The molecule has 0 atom stereocenters. The van der Waals surface area contributed by atoms with E-state index in [1.54, 1.807) is 15.9 Å². The zero-order valence-electron chi connectivity index (χ0n) is 14.0. The first-order valence-electron chi connectivity index (χ1n) is 8.30. The van der Waals surface area contributed by atoms with E-state index in [9.17, 15) is 9.59 Å². The van der Waals surface area contributed by atoms with Crippen molar-refractivity contribution >= 4 is 11.8 Å². The van der Waals surface area contributed by atoms with Crippen molar-refractivity contribution < 1.29 is 9.59 Å². The normalized spacial score (nSPS) is 15.0. The van der Waals surface area contributed by atoms with Gasteiger partial charge in [0.2, 0.25) is 11.8 Å². The molecule has 1 N–H and O–H groups in total. The first-order chi connectivity index (χ1) is 12.2. The van der Waals surface area contributed by atoms with Gasteiger partial charge in [-0.25, -0.2) is 9.67 Å². The molecule has 1 aromatic carbocycles. The lowest BCUT2D eigenvalue weighted by molar-refractivity contribution is -0.132. The van der Waals surface area contributed by atoms with Gasteiger partial charge in [0.25, 0.3) is 0 Å². The van der Waals surface area contributed by atoms with Crippen LogP contribution in [0.25, 0.3) is 5.69 Å². The van der Waals surface area contributed by atoms with Gasteiger partial charge >= 0.3 is 0 Å². The summed E-state index contributed by atoms with van der Waals surface area (Å²) in [5.74, 6) is -0.0759. The molecule has 0 radical (unpaired) electrons. The maximum Gasteiger partial charge on any atom is 0.245 e. The standard InChI is InChI=1S/C18H21N5O2/c1-2-17(24)22-8-6-15(7-9-22)18(25)20-11-14-4-3-5-16(10-14)23-13-19-12-21-23/h2-5,10,12-13,15H,1,6-9,11H2,(H,20,25). The highest BCUT2D eigenvalue weighted by atomic mass is 16.2. The maximum absolute atomic E-state index is 12.4. The summed E-state index contributed by atoms with van der Waals surface area (Å²) < 4.78 is 1.68. The molecule has 0 saturated carbocycles. The van der Waals surface area contributed by atoms with Gasteiger partial charge in [-0.1, -0.05) is 18.7 Å². The molecule has 3 rings (SSSR count). The molecule has 7 heteroatoms. The van der Waals surface area contributed by atoms with Crippen LogP contribution in [-0.2, 0) is 16.1 Å². The van der Waals surface area contributed by atoms with Crippen LogP contribution in [0, 0.1) is 5.92 Å². The van der Waals surface area contributed by atoms with Gasteiger partial charge in [0.1, 0.15) is 12.7 Å². The van der Waals surface area contributed by atoms with Gasteiger partial charge in [0.15, 0.2) is 0 Å².